The van der Waals surface area contributed by atoms with Crippen molar-refractivity contribution in [2.75, 3.05) is 0 Å². The van der Waals surface area contributed by atoms with Crippen molar-refractivity contribution in [1.29, 1.82) is 0 Å². The summed E-state index contributed by atoms with van der Waals surface area (Å²) in [4.78, 5) is 0. The number of hydrogen-bond donors (Lipinski definition) is 0. The maximum absolute atomic E-state index is 6.20. The molecule has 0 aromatic heterocycles. The van der Waals surface area contributed by atoms with Gasteiger partial charge in [-0.1, -0.05) is 13.3 Å². The fourth-order valence-electron chi connectivity index (χ4n) is 2.79. The van der Waals surface area contributed by atoms with Crippen molar-refractivity contribution >= 4 is 14.0 Å². The third kappa shape index (κ3) is 2.45. The van der Waals surface area contributed by atoms with Gasteiger partial charge in [-0.3, -0.25) is 0 Å². The molecule has 0 N–H and O–H groups in total. The maximum Gasteiger partial charge on any atom is 0.488 e. The molecule has 0 aromatic rings. The van der Waals surface area contributed by atoms with Crippen LogP contribution in [0.15, 0.2) is 0 Å². The first-order valence-corrected chi connectivity index (χ1v) is 7.65. The van der Waals surface area contributed by atoms with Crippen molar-refractivity contribution in [2.24, 2.45) is 0 Å². The molecular formula is C14H28B2O4. The van der Waals surface area contributed by atoms with E-state index in [2.05, 4.69) is 27.7 Å². The first-order chi connectivity index (χ1) is 8.94. The van der Waals surface area contributed by atoms with Crippen LogP contribution in [0.5, 0.6) is 0 Å². The van der Waals surface area contributed by atoms with E-state index >= 15 is 0 Å². The van der Waals surface area contributed by atoms with Crippen molar-refractivity contribution in [3.63, 3.8) is 0 Å². The summed E-state index contributed by atoms with van der Waals surface area (Å²) in [5.74, 6) is 0. The highest BCUT2D eigenvalue weighted by molar-refractivity contribution is 7.11. The molecule has 0 saturated carbocycles. The van der Waals surface area contributed by atoms with E-state index in [-0.39, 0.29) is 22.4 Å². The lowest BCUT2D eigenvalue weighted by Gasteiger charge is -2.36. The first-order valence-electron chi connectivity index (χ1n) is 7.65. The molecule has 0 amide bonds. The summed E-state index contributed by atoms with van der Waals surface area (Å²) in [6.45, 7) is 16.6. The highest BCUT2D eigenvalue weighted by Gasteiger charge is 2.64. The lowest BCUT2D eigenvalue weighted by atomic mass is 9.49. The minimum atomic E-state index is -0.474. The Bertz CT molecular complexity index is 367. The van der Waals surface area contributed by atoms with E-state index in [0.717, 1.165) is 12.8 Å². The van der Waals surface area contributed by atoms with Crippen LogP contribution in [-0.4, -0.2) is 36.4 Å². The van der Waals surface area contributed by atoms with Gasteiger partial charge in [0.2, 0.25) is 0 Å². The molecule has 0 spiro atoms. The van der Waals surface area contributed by atoms with E-state index in [1.165, 1.54) is 0 Å². The van der Waals surface area contributed by atoms with E-state index in [0.29, 0.717) is 0 Å². The molecule has 6 heteroatoms. The average Bonchev–Trinajstić information content (AvgIpc) is 2.60. The van der Waals surface area contributed by atoms with Gasteiger partial charge in [-0.15, -0.1) is 0 Å². The Kier molecular flexibility index (Phi) is 3.87. The van der Waals surface area contributed by atoms with Gasteiger partial charge in [0.05, 0.1) is 22.4 Å². The van der Waals surface area contributed by atoms with E-state index in [1.54, 1.807) is 0 Å². The number of rotatable bonds is 3. The zero-order valence-electron chi connectivity index (χ0n) is 14.2. The molecular weight excluding hydrogens is 254 g/mol. The normalized spacial score (nSPS) is 34.8. The van der Waals surface area contributed by atoms with Gasteiger partial charge in [-0.2, -0.15) is 0 Å². The minimum Gasteiger partial charge on any atom is -0.405 e. The molecule has 1 atom stereocenters. The van der Waals surface area contributed by atoms with Crippen LogP contribution in [0.2, 0.25) is 0 Å². The van der Waals surface area contributed by atoms with Crippen molar-refractivity contribution < 1.29 is 18.6 Å². The third-order valence-corrected chi connectivity index (χ3v) is 5.28. The molecule has 1 unspecified atom stereocenters. The summed E-state index contributed by atoms with van der Waals surface area (Å²) in [6.07, 6.45) is 2.01. The Labute approximate surface area is 124 Å². The van der Waals surface area contributed by atoms with Gasteiger partial charge < -0.3 is 18.6 Å². The smallest absolute Gasteiger partial charge is 0.405 e. The van der Waals surface area contributed by atoms with Crippen molar-refractivity contribution in [1.82, 2.24) is 0 Å². The van der Waals surface area contributed by atoms with Crippen LogP contribution in [0, 0.1) is 0 Å². The van der Waals surface area contributed by atoms with E-state index in [1.807, 2.05) is 27.7 Å². The highest BCUT2D eigenvalue weighted by Crippen LogP contribution is 2.44. The van der Waals surface area contributed by atoms with Crippen LogP contribution in [0.4, 0.5) is 0 Å². The molecule has 2 heterocycles. The predicted molar refractivity (Wildman–Crippen MR) is 81.4 cm³/mol. The van der Waals surface area contributed by atoms with Gasteiger partial charge in [0.25, 0.3) is 0 Å². The zero-order chi connectivity index (χ0) is 15.4. The van der Waals surface area contributed by atoms with Crippen molar-refractivity contribution in [3.8, 4) is 0 Å². The highest BCUT2D eigenvalue weighted by atomic mass is 16.7. The topological polar surface area (TPSA) is 36.9 Å². The zero-order valence-corrected chi connectivity index (χ0v) is 14.2. The summed E-state index contributed by atoms with van der Waals surface area (Å²) in [7, 11) is -0.944. The molecule has 0 aliphatic carbocycles. The van der Waals surface area contributed by atoms with Gasteiger partial charge in [0.1, 0.15) is 0 Å². The molecule has 2 aliphatic rings. The molecule has 20 heavy (non-hydrogen) atoms. The summed E-state index contributed by atoms with van der Waals surface area (Å²) in [6, 6.07) is 0. The third-order valence-electron chi connectivity index (χ3n) is 5.28. The summed E-state index contributed by atoms with van der Waals surface area (Å²) in [5, 5.41) is 0. The van der Waals surface area contributed by atoms with Gasteiger partial charge in [-0.05, 0) is 54.9 Å². The lowest BCUT2D eigenvalue weighted by molar-refractivity contribution is -0.0159. The van der Waals surface area contributed by atoms with Crippen molar-refractivity contribution in [3.05, 3.63) is 0 Å². The van der Waals surface area contributed by atoms with Gasteiger partial charge in [0.15, 0.2) is 0 Å². The van der Waals surface area contributed by atoms with Gasteiger partial charge in [-0.25, -0.2) is 0 Å². The monoisotopic (exact) mass is 282 g/mol. The lowest BCUT2D eigenvalue weighted by Crippen LogP contribution is -2.44. The standard InChI is InChI=1S/C14H28B2O4/c1-9-10-14(8)13(6,7)19-16(20-14)15-17-11(2,3)12(4,5)18-15/h9-10H2,1-8H3. The summed E-state index contributed by atoms with van der Waals surface area (Å²) in [5.41, 5.74) is -1.39. The number of hydrogen-bond acceptors (Lipinski definition) is 4. The molecule has 4 nitrogen and oxygen atoms in total. The second kappa shape index (κ2) is 4.73. The molecule has 2 rings (SSSR count). The minimum absolute atomic E-state index is 0.310. The van der Waals surface area contributed by atoms with Crippen LogP contribution < -0.4 is 0 Å². The molecule has 114 valence electrons. The van der Waals surface area contributed by atoms with Gasteiger partial charge >= 0.3 is 14.0 Å². The Morgan fingerprint density at radius 2 is 1.05 bits per heavy atom. The second-order valence-corrected chi connectivity index (χ2v) is 7.72. The molecule has 0 bridgehead atoms. The molecule has 0 radical (unpaired) electrons. The Hall–Kier alpha value is -0.0301. The Morgan fingerprint density at radius 1 is 0.650 bits per heavy atom. The van der Waals surface area contributed by atoms with Crippen LogP contribution in [0.25, 0.3) is 0 Å². The predicted octanol–water partition coefficient (Wildman–Crippen LogP) is 3.03. The second-order valence-electron chi connectivity index (χ2n) is 7.72. The molecule has 2 aliphatic heterocycles. The molecule has 0 aromatic carbocycles. The fourth-order valence-corrected chi connectivity index (χ4v) is 2.79. The largest absolute Gasteiger partial charge is 0.488 e. The van der Waals surface area contributed by atoms with Crippen LogP contribution in [0.1, 0.15) is 68.2 Å². The summed E-state index contributed by atoms with van der Waals surface area (Å²) >= 11 is 0. The van der Waals surface area contributed by atoms with Crippen LogP contribution >= 0.6 is 0 Å². The van der Waals surface area contributed by atoms with Crippen LogP contribution in [0.3, 0.4) is 0 Å². The Morgan fingerprint density at radius 3 is 1.50 bits per heavy atom. The fraction of sp³-hybridized carbons (Fsp3) is 1.00. The molecule has 2 saturated heterocycles. The van der Waals surface area contributed by atoms with Crippen molar-refractivity contribution in [2.45, 2.75) is 90.6 Å². The van der Waals surface area contributed by atoms with E-state index < -0.39 is 14.0 Å². The Balaban J connectivity index is 2.14. The van der Waals surface area contributed by atoms with E-state index in [9.17, 15) is 0 Å². The first kappa shape index (κ1) is 16.3. The SMILES string of the molecule is CCCC1(C)OB(B2OC(C)(C)C(C)(C)O2)OC1(C)C. The maximum atomic E-state index is 6.20. The molecule has 2 fully saturated rings. The quantitative estimate of drug-likeness (QED) is 0.745. The van der Waals surface area contributed by atoms with E-state index in [4.69, 9.17) is 18.6 Å². The average molecular weight is 282 g/mol. The summed E-state index contributed by atoms with van der Waals surface area (Å²) < 4.78 is 24.4. The van der Waals surface area contributed by atoms with Crippen LogP contribution in [-0.2, 0) is 18.6 Å². The van der Waals surface area contributed by atoms with Gasteiger partial charge in [0, 0.05) is 0 Å².